The molecule has 9 aromatic rings. The molecule has 0 amide bonds. The van der Waals surface area contributed by atoms with Crippen LogP contribution in [0.1, 0.15) is 26.3 Å². The maximum Gasteiger partial charge on any atom is 0.135 e. The molecule has 0 aliphatic carbocycles. The summed E-state index contributed by atoms with van der Waals surface area (Å²) in [5.41, 5.74) is 8.66. The van der Waals surface area contributed by atoms with Gasteiger partial charge in [0.05, 0.1) is 10.7 Å². The highest BCUT2D eigenvalue weighted by Crippen LogP contribution is 2.46. The van der Waals surface area contributed by atoms with Gasteiger partial charge in [-0.2, -0.15) is 0 Å². The molecule has 54 heavy (non-hydrogen) atoms. The monoisotopic (exact) mass is 804 g/mol. The van der Waals surface area contributed by atoms with Crippen LogP contribution in [0, 0.1) is 0 Å². The highest BCUT2D eigenvalue weighted by Gasteiger charge is 2.23. The first-order chi connectivity index (χ1) is 26.1. The van der Waals surface area contributed by atoms with E-state index >= 15 is 0 Å². The molecule has 6 heteroatoms. The molecule has 9 rings (SSSR count). The van der Waals surface area contributed by atoms with Gasteiger partial charge in [0.2, 0.25) is 0 Å². The van der Waals surface area contributed by atoms with Crippen molar-refractivity contribution < 1.29 is 4.42 Å². The van der Waals surface area contributed by atoms with Gasteiger partial charge in [-0.1, -0.05) is 123 Å². The summed E-state index contributed by atoms with van der Waals surface area (Å²) in [6.45, 7) is 6.67. The third-order valence-electron chi connectivity index (χ3n) is 10.2. The molecule has 264 valence electrons. The normalized spacial score (nSPS) is 11.9. The molecule has 0 radical (unpaired) electrons. The summed E-state index contributed by atoms with van der Waals surface area (Å²) in [5.74, 6) is 0. The number of anilines is 6. The van der Waals surface area contributed by atoms with Gasteiger partial charge in [0.1, 0.15) is 11.2 Å². The number of hydrogen-bond acceptors (Lipinski definition) is 3. The van der Waals surface area contributed by atoms with Gasteiger partial charge >= 0.3 is 0 Å². The van der Waals surface area contributed by atoms with Gasteiger partial charge in [0.15, 0.2) is 0 Å². The van der Waals surface area contributed by atoms with Gasteiger partial charge in [-0.15, -0.1) is 0 Å². The molecule has 0 spiro atoms. The standard InChI is InChI=1S/C48H35BrCl2N2O/c1-48(2,3)32-18-21-34(22-19-32)53(44-26-33(50)25-43(49)47(44)51)36-11-8-10-35(27-36)52(38-23-24-46-42(29-38)40-13-6-7-14-45(40)54-46)37-20-17-31-16-15-30-9-4-5-12-39(30)41(31)28-37/h4-29H,1-3H3. The molecule has 0 saturated heterocycles. The average Bonchev–Trinajstić information content (AvgIpc) is 3.55. The first-order valence-corrected chi connectivity index (χ1v) is 19.5. The van der Waals surface area contributed by atoms with E-state index in [1.165, 1.54) is 27.1 Å². The first-order valence-electron chi connectivity index (χ1n) is 17.9. The molecule has 0 aliphatic heterocycles. The molecule has 0 saturated carbocycles. The van der Waals surface area contributed by atoms with Crippen LogP contribution in [0.25, 0.3) is 43.5 Å². The minimum Gasteiger partial charge on any atom is -0.456 e. The van der Waals surface area contributed by atoms with Crippen molar-refractivity contribution in [2.75, 3.05) is 9.80 Å². The number of hydrogen-bond donors (Lipinski definition) is 0. The number of para-hydroxylation sites is 1. The second kappa shape index (κ2) is 13.5. The zero-order valence-electron chi connectivity index (χ0n) is 29.9. The molecular formula is C48H35BrCl2N2O. The average molecular weight is 807 g/mol. The Balaban J connectivity index is 1.27. The van der Waals surface area contributed by atoms with Gasteiger partial charge in [0.25, 0.3) is 0 Å². The van der Waals surface area contributed by atoms with Crippen molar-refractivity contribution in [3.8, 4) is 0 Å². The van der Waals surface area contributed by atoms with Crippen molar-refractivity contribution in [2.24, 2.45) is 0 Å². The van der Waals surface area contributed by atoms with Crippen LogP contribution >= 0.6 is 39.1 Å². The zero-order chi connectivity index (χ0) is 37.1. The topological polar surface area (TPSA) is 19.6 Å². The second-order valence-corrected chi connectivity index (χ2v) is 16.3. The van der Waals surface area contributed by atoms with E-state index in [0.29, 0.717) is 10.0 Å². The molecule has 0 fully saturated rings. The molecule has 0 aliphatic rings. The summed E-state index contributed by atoms with van der Waals surface area (Å²) >= 11 is 17.5. The van der Waals surface area contributed by atoms with E-state index in [4.69, 9.17) is 27.6 Å². The van der Waals surface area contributed by atoms with E-state index in [1.807, 2.05) is 24.3 Å². The van der Waals surface area contributed by atoms with E-state index in [2.05, 4.69) is 180 Å². The Labute approximate surface area is 333 Å². The highest BCUT2D eigenvalue weighted by molar-refractivity contribution is 9.10. The minimum absolute atomic E-state index is 0.00705. The van der Waals surface area contributed by atoms with Gasteiger partial charge < -0.3 is 14.2 Å². The minimum atomic E-state index is 0.00705. The Kier molecular flexibility index (Phi) is 8.66. The summed E-state index contributed by atoms with van der Waals surface area (Å²) < 4.78 is 6.99. The molecule has 0 unspecified atom stereocenters. The maximum absolute atomic E-state index is 7.09. The van der Waals surface area contributed by atoms with Crippen LogP contribution in [0.2, 0.25) is 10.0 Å². The van der Waals surface area contributed by atoms with Crippen molar-refractivity contribution >= 4 is 117 Å². The lowest BCUT2D eigenvalue weighted by Gasteiger charge is -2.30. The summed E-state index contributed by atoms with van der Waals surface area (Å²) in [6.07, 6.45) is 0. The number of nitrogens with zero attached hydrogens (tertiary/aromatic N) is 2. The van der Waals surface area contributed by atoms with Crippen molar-refractivity contribution in [1.82, 2.24) is 0 Å². The number of rotatable bonds is 6. The van der Waals surface area contributed by atoms with Crippen LogP contribution in [0.4, 0.5) is 34.1 Å². The fourth-order valence-corrected chi connectivity index (χ4v) is 8.43. The second-order valence-electron chi connectivity index (χ2n) is 14.7. The Hall–Kier alpha value is -5.26. The Morgan fingerprint density at radius 3 is 1.81 bits per heavy atom. The third-order valence-corrected chi connectivity index (χ3v) is 11.6. The highest BCUT2D eigenvalue weighted by atomic mass is 79.9. The van der Waals surface area contributed by atoms with Gasteiger partial charge in [-0.3, -0.25) is 0 Å². The SMILES string of the molecule is CC(C)(C)c1ccc(N(c2cccc(N(c3ccc4ccc5ccccc5c4c3)c3ccc4oc5ccccc5c4c3)c2)c2cc(Cl)cc(Br)c2Cl)cc1. The van der Waals surface area contributed by atoms with Crippen molar-refractivity contribution in [3.05, 3.63) is 178 Å². The van der Waals surface area contributed by atoms with Crippen LogP contribution < -0.4 is 9.80 Å². The van der Waals surface area contributed by atoms with E-state index in [1.54, 1.807) is 0 Å². The van der Waals surface area contributed by atoms with Gasteiger partial charge in [-0.25, -0.2) is 0 Å². The molecule has 1 aromatic heterocycles. The van der Waals surface area contributed by atoms with Crippen molar-refractivity contribution in [1.29, 1.82) is 0 Å². The summed E-state index contributed by atoms with van der Waals surface area (Å²) in [6, 6.07) is 55.4. The van der Waals surface area contributed by atoms with Crippen LogP contribution in [0.3, 0.4) is 0 Å². The van der Waals surface area contributed by atoms with Crippen LogP contribution in [-0.4, -0.2) is 0 Å². The molecule has 0 atom stereocenters. The fourth-order valence-electron chi connectivity index (χ4n) is 7.44. The van der Waals surface area contributed by atoms with Gasteiger partial charge in [0, 0.05) is 48.7 Å². The van der Waals surface area contributed by atoms with Crippen molar-refractivity contribution in [3.63, 3.8) is 0 Å². The molecule has 8 aromatic carbocycles. The predicted molar refractivity (Wildman–Crippen MR) is 235 cm³/mol. The largest absolute Gasteiger partial charge is 0.456 e. The van der Waals surface area contributed by atoms with Crippen molar-refractivity contribution in [2.45, 2.75) is 26.2 Å². The number of fused-ring (bicyclic) bond motifs is 6. The zero-order valence-corrected chi connectivity index (χ0v) is 33.0. The van der Waals surface area contributed by atoms with Gasteiger partial charge in [-0.05, 0) is 127 Å². The first kappa shape index (κ1) is 34.5. The van der Waals surface area contributed by atoms with E-state index in [-0.39, 0.29) is 5.41 Å². The Morgan fingerprint density at radius 2 is 1.06 bits per heavy atom. The lowest BCUT2D eigenvalue weighted by atomic mass is 9.87. The van der Waals surface area contributed by atoms with E-state index < -0.39 is 0 Å². The smallest absolute Gasteiger partial charge is 0.135 e. The number of halogens is 3. The lowest BCUT2D eigenvalue weighted by Crippen LogP contribution is -2.15. The predicted octanol–water partition coefficient (Wildman–Crippen LogP) is 16.2. The third kappa shape index (κ3) is 6.18. The van der Waals surface area contributed by atoms with Crippen LogP contribution in [-0.2, 0) is 5.41 Å². The van der Waals surface area contributed by atoms with E-state index in [0.717, 1.165) is 60.5 Å². The summed E-state index contributed by atoms with van der Waals surface area (Å²) in [5, 5.41) is 8.10. The summed E-state index contributed by atoms with van der Waals surface area (Å²) in [7, 11) is 0. The molecule has 3 nitrogen and oxygen atoms in total. The Morgan fingerprint density at radius 1 is 0.481 bits per heavy atom. The maximum atomic E-state index is 7.09. The molecule has 0 N–H and O–H groups in total. The number of benzene rings is 8. The molecule has 0 bridgehead atoms. The lowest BCUT2D eigenvalue weighted by molar-refractivity contribution is 0.590. The Bertz CT molecular complexity index is 2870. The summed E-state index contributed by atoms with van der Waals surface area (Å²) in [4.78, 5) is 4.50. The number of furan rings is 1. The quantitative estimate of drug-likeness (QED) is 0.123. The van der Waals surface area contributed by atoms with Crippen LogP contribution in [0.15, 0.2) is 167 Å². The molecule has 1 heterocycles. The molecular weight excluding hydrogens is 771 g/mol. The fraction of sp³-hybridized carbons (Fsp3) is 0.0833. The van der Waals surface area contributed by atoms with E-state index in [9.17, 15) is 0 Å². The van der Waals surface area contributed by atoms with Crippen LogP contribution in [0.5, 0.6) is 0 Å².